The third kappa shape index (κ3) is 5.23. The van der Waals surface area contributed by atoms with Crippen molar-refractivity contribution in [1.82, 2.24) is 20.2 Å². The van der Waals surface area contributed by atoms with Gasteiger partial charge in [0.2, 0.25) is 17.5 Å². The molecule has 0 radical (unpaired) electrons. The number of Topliss-reactive ketones (excluding diaryl/α,β-unsaturated/α-hetero) is 1. The summed E-state index contributed by atoms with van der Waals surface area (Å²) in [5.74, 6) is -7.42. The molecule has 3 aliphatic carbocycles. The standard InChI is InChI=1S/C48H43N7O9/c1-4-25(2)27-14-16-30-36(23-27)63-48(61)32-10-8-12-34(50)39(32)41(57)46(30,48)53-44(59)42-51-19-22-54(42)21-18-26(3)28-15-17-29-37(24-28)64-47(60)31-9-7-11-33(49)38(31)40(56)45(29,47)52-43(58)35-13-5-6-20-55(35)62/h5-17,19-20,22-26,60-61H,4,18,21H2,1-3H3,(H6-,49,50,52,53,56,57,58,59,62). The molecule has 0 saturated heterocycles. The maximum absolute atomic E-state index is 14.6. The van der Waals surface area contributed by atoms with Gasteiger partial charge in [-0.25, -0.2) is 4.98 Å². The Kier molecular flexibility index (Phi) is 8.84. The number of nitrogen functional groups attached to an aromatic ring is 1. The van der Waals surface area contributed by atoms with E-state index >= 15 is 0 Å². The summed E-state index contributed by atoms with van der Waals surface area (Å²) in [5, 5.41) is 63.8. The van der Waals surface area contributed by atoms with Crippen molar-refractivity contribution < 1.29 is 49.1 Å². The molecule has 6 atom stereocenters. The van der Waals surface area contributed by atoms with E-state index in [0.29, 0.717) is 16.7 Å². The fourth-order valence-corrected chi connectivity index (χ4v) is 9.87. The molecule has 16 heteroatoms. The van der Waals surface area contributed by atoms with Gasteiger partial charge in [-0.1, -0.05) is 75.1 Å². The quantitative estimate of drug-likeness (QED) is 0.0607. The third-order valence-corrected chi connectivity index (χ3v) is 13.5. The number of benzene rings is 3. The summed E-state index contributed by atoms with van der Waals surface area (Å²) >= 11 is 0. The highest BCUT2D eigenvalue weighted by atomic mass is 16.6. The summed E-state index contributed by atoms with van der Waals surface area (Å²) in [6.45, 7) is 6.33. The highest BCUT2D eigenvalue weighted by Gasteiger charge is 2.72. The lowest BCUT2D eigenvalue weighted by atomic mass is 9.82. The van der Waals surface area contributed by atoms with Crippen LogP contribution in [-0.4, -0.2) is 54.1 Å². The predicted molar refractivity (Wildman–Crippen MR) is 226 cm³/mol. The van der Waals surface area contributed by atoms with Crippen molar-refractivity contribution in [3.8, 4) is 11.5 Å². The first-order chi connectivity index (χ1) is 30.6. The zero-order valence-corrected chi connectivity index (χ0v) is 34.9. The number of rotatable bonds is 10. The maximum Gasteiger partial charge on any atom is 0.322 e. The first-order valence-corrected chi connectivity index (χ1v) is 20.9. The Hall–Kier alpha value is -7.56. The van der Waals surface area contributed by atoms with Crippen LogP contribution in [0.2, 0.25) is 0 Å². The number of aromatic nitrogens is 3. The SMILES string of the molecule is CCC(C)c1ccc2c(c1)OC1(O)c3cccc(N)c3C(=O)C21NC(=O)c1nccn1CCC(C)c1ccc2c(c1)OC1(O)C3=CC=CC(=N)C3=C([O-])C21NC(=O)c1cccc[n+]1O. The maximum atomic E-state index is 14.6. The monoisotopic (exact) mass is 861 g/mol. The molecule has 16 nitrogen and oxygen atoms in total. The van der Waals surface area contributed by atoms with Crippen molar-refractivity contribution in [1.29, 1.82) is 5.41 Å². The zero-order valence-electron chi connectivity index (χ0n) is 34.9. The molecule has 5 aliphatic rings. The van der Waals surface area contributed by atoms with E-state index < -0.39 is 46.0 Å². The number of nitrogens with one attached hydrogen (secondary N) is 3. The number of carbonyl (C=O) groups excluding carboxylic acids is 3. The number of nitrogens with zero attached hydrogens (tertiary/aromatic N) is 3. The Morgan fingerprint density at radius 2 is 1.61 bits per heavy atom. The molecule has 0 bridgehead atoms. The summed E-state index contributed by atoms with van der Waals surface area (Å²) in [7, 11) is 0. The van der Waals surface area contributed by atoms with Crippen molar-refractivity contribution in [3.63, 3.8) is 0 Å². The van der Waals surface area contributed by atoms with Crippen LogP contribution in [0, 0.1) is 5.41 Å². The number of carbonyl (C=O) groups is 3. The highest BCUT2D eigenvalue weighted by Crippen LogP contribution is 2.61. The van der Waals surface area contributed by atoms with Crippen LogP contribution in [0.4, 0.5) is 5.69 Å². The number of hydrogen-bond donors (Lipinski definition) is 7. The number of hydrogen-bond acceptors (Lipinski definition) is 12. The van der Waals surface area contributed by atoms with Gasteiger partial charge in [-0.05, 0) is 66.1 Å². The van der Waals surface area contributed by atoms with Crippen LogP contribution >= 0.6 is 0 Å². The van der Waals surface area contributed by atoms with Gasteiger partial charge in [-0.3, -0.25) is 19.6 Å². The fourth-order valence-electron chi connectivity index (χ4n) is 9.87. The van der Waals surface area contributed by atoms with Crippen LogP contribution in [0.25, 0.3) is 0 Å². The Labute approximate surface area is 366 Å². The Bertz CT molecular complexity index is 3010. The van der Waals surface area contributed by atoms with Gasteiger partial charge in [0, 0.05) is 69.3 Å². The first kappa shape index (κ1) is 40.5. The van der Waals surface area contributed by atoms with E-state index in [1.54, 1.807) is 59.3 Å². The van der Waals surface area contributed by atoms with Gasteiger partial charge in [-0.2, -0.15) is 0 Å². The molecular formula is C48H43N7O9. The van der Waals surface area contributed by atoms with Crippen molar-refractivity contribution >= 4 is 29.0 Å². The van der Waals surface area contributed by atoms with Crippen molar-refractivity contribution in [2.45, 2.75) is 74.6 Å². The molecule has 64 heavy (non-hydrogen) atoms. The molecule has 6 unspecified atom stereocenters. The molecule has 4 heterocycles. The minimum Gasteiger partial charge on any atom is -0.873 e. The summed E-state index contributed by atoms with van der Waals surface area (Å²) in [6.07, 6.45) is 10.0. The lowest BCUT2D eigenvalue weighted by Crippen LogP contribution is -2.63. The molecule has 2 aliphatic heterocycles. The van der Waals surface area contributed by atoms with E-state index in [1.807, 2.05) is 13.0 Å². The van der Waals surface area contributed by atoms with Gasteiger partial charge in [0.25, 0.3) is 17.5 Å². The predicted octanol–water partition coefficient (Wildman–Crippen LogP) is 3.61. The number of anilines is 1. The first-order valence-electron chi connectivity index (χ1n) is 20.9. The lowest BCUT2D eigenvalue weighted by molar-refractivity contribution is -0.905. The summed E-state index contributed by atoms with van der Waals surface area (Å²) in [5.41, 5.74) is 4.04. The van der Waals surface area contributed by atoms with Crippen molar-refractivity contribution in [2.24, 2.45) is 0 Å². The molecular weight excluding hydrogens is 819 g/mol. The number of amides is 2. The Balaban J connectivity index is 0.937. The lowest BCUT2D eigenvalue weighted by Gasteiger charge is -2.40. The van der Waals surface area contributed by atoms with Crippen LogP contribution in [0.3, 0.4) is 0 Å². The third-order valence-electron chi connectivity index (χ3n) is 13.5. The fraction of sp³-hybridized carbons (Fsp3) is 0.250. The minimum atomic E-state index is -2.44. The number of nitrogens with two attached hydrogens (primary N) is 1. The van der Waals surface area contributed by atoms with Gasteiger partial charge in [0.1, 0.15) is 11.5 Å². The largest absolute Gasteiger partial charge is 0.873 e. The van der Waals surface area contributed by atoms with E-state index in [1.165, 1.54) is 48.8 Å². The normalized spacial score (nSPS) is 25.2. The number of aliphatic hydroxyl groups is 2. The second-order valence-electron chi connectivity index (χ2n) is 16.9. The number of ketones is 1. The smallest absolute Gasteiger partial charge is 0.322 e. The molecule has 5 aromatic rings. The summed E-state index contributed by atoms with van der Waals surface area (Å²) < 4.78 is 14.8. The second kappa shape index (κ2) is 14.0. The topological polar surface area (TPSA) is 249 Å². The van der Waals surface area contributed by atoms with E-state index in [-0.39, 0.29) is 80.6 Å². The molecule has 2 amide bonds. The molecule has 0 spiro atoms. The minimum absolute atomic E-state index is 0.0140. The number of fused-ring (bicyclic) bond motifs is 10. The van der Waals surface area contributed by atoms with E-state index in [4.69, 9.17) is 20.6 Å². The van der Waals surface area contributed by atoms with E-state index in [2.05, 4.69) is 29.5 Å². The van der Waals surface area contributed by atoms with Crippen molar-refractivity contribution in [3.05, 3.63) is 171 Å². The van der Waals surface area contributed by atoms with Crippen LogP contribution in [0.5, 0.6) is 11.5 Å². The molecule has 3 aromatic carbocycles. The van der Waals surface area contributed by atoms with Crippen LogP contribution < -0.4 is 35.7 Å². The molecule has 2 aromatic heterocycles. The average Bonchev–Trinajstić information content (AvgIpc) is 4.01. The Morgan fingerprint density at radius 1 is 0.922 bits per heavy atom. The second-order valence-corrected chi connectivity index (χ2v) is 16.9. The van der Waals surface area contributed by atoms with Gasteiger partial charge in [0.15, 0.2) is 11.4 Å². The number of allylic oxidation sites excluding steroid dienone is 3. The number of ether oxygens (including phenoxy) is 2. The van der Waals surface area contributed by atoms with Crippen LogP contribution in [0.1, 0.15) is 105 Å². The van der Waals surface area contributed by atoms with Crippen LogP contribution in [-0.2, 0) is 23.4 Å². The Morgan fingerprint density at radius 3 is 2.33 bits per heavy atom. The van der Waals surface area contributed by atoms with Gasteiger partial charge in [0.05, 0.1) is 11.3 Å². The summed E-state index contributed by atoms with van der Waals surface area (Å²) in [6, 6.07) is 19.5. The zero-order chi connectivity index (χ0) is 45.1. The van der Waals surface area contributed by atoms with E-state index in [9.17, 15) is 34.9 Å². The molecule has 10 rings (SSSR count). The van der Waals surface area contributed by atoms with E-state index in [0.717, 1.165) is 17.5 Å². The number of imidazole rings is 1. The molecule has 324 valence electrons. The molecule has 8 N–H and O–H groups in total. The highest BCUT2D eigenvalue weighted by molar-refractivity contribution is 6.16. The van der Waals surface area contributed by atoms with Gasteiger partial charge < -0.3 is 51.1 Å². The summed E-state index contributed by atoms with van der Waals surface area (Å²) in [4.78, 5) is 47.1. The molecule has 0 saturated carbocycles. The van der Waals surface area contributed by atoms with Gasteiger partial charge in [-0.15, -0.1) is 0 Å². The number of aryl methyl sites for hydroxylation is 1. The van der Waals surface area contributed by atoms with Crippen LogP contribution in [0.15, 0.2) is 127 Å². The molecule has 0 fully saturated rings. The van der Waals surface area contributed by atoms with Crippen molar-refractivity contribution in [2.75, 3.05) is 5.73 Å². The average molecular weight is 862 g/mol. The van der Waals surface area contributed by atoms with Gasteiger partial charge >= 0.3 is 11.6 Å². The number of pyridine rings is 1.